The summed E-state index contributed by atoms with van der Waals surface area (Å²) in [7, 11) is 0. The number of thioether (sulfide) groups is 2. The van der Waals surface area contributed by atoms with E-state index < -0.39 is 0 Å². The van der Waals surface area contributed by atoms with Crippen LogP contribution in [-0.4, -0.2) is 87.0 Å². The molecule has 2 atom stereocenters. The number of hydrogen-bond acceptors (Lipinski definition) is 10. The number of fused-ring (bicyclic) bond motifs is 26. The Bertz CT molecular complexity index is 8440. The van der Waals surface area contributed by atoms with Crippen LogP contribution in [0.1, 0.15) is 168 Å². The Balaban J connectivity index is 0.000000122. The van der Waals surface area contributed by atoms with Gasteiger partial charge in [0.25, 0.3) is 0 Å². The molecule has 146 heavy (non-hydrogen) atoms. The Hall–Kier alpha value is -11.3. The van der Waals surface area contributed by atoms with Crippen LogP contribution in [-0.2, 0) is 110 Å². The van der Waals surface area contributed by atoms with Gasteiger partial charge in [-0.3, -0.25) is 19.9 Å². The largest absolute Gasteiger partial charge is 0.493 e. The molecule has 4 aliphatic heterocycles. The van der Waals surface area contributed by atoms with Crippen molar-refractivity contribution in [3.05, 3.63) is 396 Å². The summed E-state index contributed by atoms with van der Waals surface area (Å²) in [6.07, 6.45) is 16.3. The first-order chi connectivity index (χ1) is 69.6. The van der Waals surface area contributed by atoms with Crippen molar-refractivity contribution in [3.63, 3.8) is 0 Å². The number of aromatic nitrogens is 8. The second kappa shape index (κ2) is 45.0. The van der Waals surface area contributed by atoms with Crippen molar-refractivity contribution >= 4 is 133 Å². The molecule has 8 aromatic heterocycles. The molecule has 12 nitrogen and oxygen atoms in total. The molecule has 14 aromatic carbocycles. The molecule has 4 radical (unpaired) electrons. The van der Waals surface area contributed by atoms with Crippen LogP contribution >= 0.6 is 23.5 Å². The maximum atomic E-state index is 6.23. The minimum absolute atomic E-state index is 0. The minimum atomic E-state index is 0. The Morgan fingerprint density at radius 3 is 1.05 bits per heavy atom. The minimum Gasteiger partial charge on any atom is -0.493 e. The number of para-hydroxylation sites is 6. The van der Waals surface area contributed by atoms with Crippen molar-refractivity contribution in [3.8, 4) is 56.5 Å². The van der Waals surface area contributed by atoms with Gasteiger partial charge in [0.1, 0.15) is 11.5 Å². The third-order valence-electron chi connectivity index (χ3n) is 28.9. The SMILES string of the molecule is CC(C)(C)COCc1cccc(COCC(C)(C)C)c1-c1cnc2c3[c-]cccc3c3ccccc3n12.CC(C)Cc1cccc(C2CCOc3ccccc32)c1-c1cnc2c3[c-]cccc3c3ccccc3n12.[Ir].[Ir].[Ir].[Ir].[c-]1cccc2c1c1ncc(-c3c(C4CCSCC4)cccc3C3CCSCC3)n1c1ccccc21.[c-]1cccc2c1c1ncc(-c3ccccc3C3CCOc4ccccc43)n1c1ccccc21. The van der Waals surface area contributed by atoms with Gasteiger partial charge in [0.2, 0.25) is 0 Å². The molecule has 2 unspecified atom stereocenters. The van der Waals surface area contributed by atoms with Crippen LogP contribution in [0.15, 0.2) is 322 Å². The number of imidazole rings is 4. The number of benzene rings is 14. The quantitative estimate of drug-likeness (QED) is 0.0686. The third kappa shape index (κ3) is 20.2. The zero-order valence-electron chi connectivity index (χ0n) is 83.4. The summed E-state index contributed by atoms with van der Waals surface area (Å²) < 4.78 is 33.9. The second-order valence-corrected chi connectivity index (χ2v) is 43.7. The maximum Gasteiger partial charge on any atom is 0.123 e. The van der Waals surface area contributed by atoms with Crippen LogP contribution in [0.25, 0.3) is 154 Å². The van der Waals surface area contributed by atoms with Crippen molar-refractivity contribution in [2.24, 2.45) is 16.7 Å². The van der Waals surface area contributed by atoms with Gasteiger partial charge < -0.3 is 36.6 Å². The molecule has 22 aromatic rings. The van der Waals surface area contributed by atoms with Crippen LogP contribution in [0.2, 0.25) is 0 Å². The van der Waals surface area contributed by atoms with E-state index in [-0.39, 0.29) is 103 Å². The molecule has 0 saturated carbocycles. The van der Waals surface area contributed by atoms with Gasteiger partial charge in [0, 0.05) is 172 Å². The van der Waals surface area contributed by atoms with Crippen LogP contribution in [0.5, 0.6) is 11.5 Å². The Morgan fingerprint density at radius 1 is 0.322 bits per heavy atom. The summed E-state index contributed by atoms with van der Waals surface area (Å²) in [5.41, 5.74) is 30.4. The molecule has 744 valence electrons. The summed E-state index contributed by atoms with van der Waals surface area (Å²) in [4.78, 5) is 20.0. The van der Waals surface area contributed by atoms with Gasteiger partial charge in [-0.1, -0.05) is 265 Å². The Labute approximate surface area is 917 Å². The van der Waals surface area contributed by atoms with E-state index in [0.717, 1.165) is 133 Å². The van der Waals surface area contributed by atoms with Crippen LogP contribution in [0, 0.1) is 41.0 Å². The van der Waals surface area contributed by atoms with Crippen LogP contribution < -0.4 is 9.47 Å². The molecule has 12 heterocycles. The zero-order valence-corrected chi connectivity index (χ0v) is 94.6. The fraction of sp³-hybridized carbons (Fsp3) is 0.250. The molecule has 0 aliphatic carbocycles. The Morgan fingerprint density at radius 2 is 0.637 bits per heavy atom. The van der Waals surface area contributed by atoms with E-state index in [4.69, 9.17) is 38.9 Å². The van der Waals surface area contributed by atoms with E-state index >= 15 is 0 Å². The molecular formula is C128H116Ir4N8O4S2-4. The molecule has 26 rings (SSSR count). The normalized spacial score (nSPS) is 15.0. The van der Waals surface area contributed by atoms with E-state index in [9.17, 15) is 0 Å². The fourth-order valence-corrected chi connectivity index (χ4v) is 24.9. The van der Waals surface area contributed by atoms with Crippen LogP contribution in [0.4, 0.5) is 0 Å². The molecule has 2 fully saturated rings. The van der Waals surface area contributed by atoms with E-state index in [2.05, 4.69) is 388 Å². The van der Waals surface area contributed by atoms with E-state index in [1.165, 1.54) is 153 Å². The van der Waals surface area contributed by atoms with E-state index in [1.807, 2.05) is 54.9 Å². The molecular weight excluding hydrogens is 2550 g/mol. The van der Waals surface area contributed by atoms with Gasteiger partial charge in [-0.2, -0.15) is 23.5 Å². The van der Waals surface area contributed by atoms with Gasteiger partial charge in [0.15, 0.2) is 0 Å². The Kier molecular flexibility index (Phi) is 31.9. The topological polar surface area (TPSA) is 106 Å². The summed E-state index contributed by atoms with van der Waals surface area (Å²) in [5, 5.41) is 13.9. The zero-order chi connectivity index (χ0) is 96.1. The first-order valence-corrected chi connectivity index (χ1v) is 52.9. The number of nitrogens with zero attached hydrogens (tertiary/aromatic N) is 8. The predicted octanol–water partition coefficient (Wildman–Crippen LogP) is 31.8. The molecule has 0 amide bonds. The van der Waals surface area contributed by atoms with E-state index in [1.54, 1.807) is 11.1 Å². The monoisotopic (exact) mass is 2660 g/mol. The first kappa shape index (κ1) is 103. The van der Waals surface area contributed by atoms with Gasteiger partial charge >= 0.3 is 0 Å². The molecule has 0 bridgehead atoms. The molecule has 2 saturated heterocycles. The van der Waals surface area contributed by atoms with E-state index in [0.29, 0.717) is 44.2 Å². The second-order valence-electron chi connectivity index (χ2n) is 41.3. The summed E-state index contributed by atoms with van der Waals surface area (Å²) >= 11 is 4.22. The molecule has 0 spiro atoms. The average molecular weight is 2660 g/mol. The summed E-state index contributed by atoms with van der Waals surface area (Å²) in [5.74, 6) is 9.44. The number of hydrogen-bond donors (Lipinski definition) is 0. The fourth-order valence-electron chi connectivity index (χ4n) is 22.7. The third-order valence-corrected chi connectivity index (χ3v) is 31.0. The standard InChI is InChI=1S/C34H29N2O.C33H37N2O2.C31H29N2S2.C30H21N2O.4Ir/c1-22(2)20-23-10-9-15-28(25-18-19-37-32-17-8-6-13-27(25)32)33(23)31-21-35-34-29-14-4-3-11-24(29)26-12-5-7-16-30(26)36(31)34;1-32(2,3)21-36-19-23-12-11-13-24(20-37-22-33(4,5)6)30(23)29-18-34-31-27-16-8-7-14-25(27)26-15-9-10-17-28(26)35(29)31;1-2-8-27-25(6-1)26-7-3-4-11-28(26)33-29(20-32-31(27)33)30-23(21-12-16-34-17-13-21)9-5-10-24(30)22-14-18-35-19-15-22;1-3-12-24(20(9-1)22-17-18-33-29-16-8-6-13-25(22)29)28-19-31-30-26-14-4-2-10-21(26)23-11-5-7-15-27(23)32(28)30;;;;/h3-13,15-17,21-22,25H,18-20H2,1-2H3;7-15,17-18H,19-22H2,1-6H3;1-7,9-11,20-22H,12-19H2;1-13,15-16,19,22H,17-18H2;;;;/q4*-1;;;;. The van der Waals surface area contributed by atoms with Crippen molar-refractivity contribution < 1.29 is 99.4 Å². The maximum absolute atomic E-state index is 6.23. The summed E-state index contributed by atoms with van der Waals surface area (Å²) in [6.45, 7) is 21.7. The number of ether oxygens (including phenoxy) is 4. The molecule has 18 heteroatoms. The summed E-state index contributed by atoms with van der Waals surface area (Å²) in [6, 6.07) is 120. The molecule has 0 N–H and O–H groups in total. The van der Waals surface area contributed by atoms with Crippen molar-refractivity contribution in [1.82, 2.24) is 37.5 Å². The van der Waals surface area contributed by atoms with Crippen LogP contribution in [0.3, 0.4) is 0 Å². The number of rotatable bonds is 16. The predicted molar refractivity (Wildman–Crippen MR) is 590 cm³/mol. The van der Waals surface area contributed by atoms with Crippen molar-refractivity contribution in [2.75, 3.05) is 49.4 Å². The number of pyridine rings is 4. The first-order valence-electron chi connectivity index (χ1n) is 50.6. The van der Waals surface area contributed by atoms with Gasteiger partial charge in [-0.05, 0) is 193 Å². The van der Waals surface area contributed by atoms with Gasteiger partial charge in [0.05, 0.1) is 85.0 Å². The average Bonchev–Trinajstić information content (AvgIpc) is 1.32. The smallest absolute Gasteiger partial charge is 0.123 e. The van der Waals surface area contributed by atoms with Crippen molar-refractivity contribution in [2.45, 2.75) is 137 Å². The molecule has 4 aliphatic rings. The van der Waals surface area contributed by atoms with Gasteiger partial charge in [-0.25, -0.2) is 0 Å². The van der Waals surface area contributed by atoms with Gasteiger partial charge in [-0.15, -0.1) is 119 Å². The van der Waals surface area contributed by atoms with Crippen molar-refractivity contribution in [1.29, 1.82) is 0 Å².